The molecule has 2 nitrogen and oxygen atoms in total. The number of phenolic OH excluding ortho intramolecular Hbond substituents is 1. The molecule has 0 atom stereocenters. The molecule has 0 radical (unpaired) electrons. The molecule has 0 heterocycles. The van der Waals surface area contributed by atoms with Crippen molar-refractivity contribution in [2.45, 2.75) is 6.92 Å². The van der Waals surface area contributed by atoms with Crippen molar-refractivity contribution in [1.29, 1.82) is 0 Å². The van der Waals surface area contributed by atoms with E-state index in [-0.39, 0.29) is 5.75 Å². The van der Waals surface area contributed by atoms with E-state index in [4.69, 9.17) is 0 Å². The second kappa shape index (κ2) is 5.17. The van der Waals surface area contributed by atoms with Crippen LogP contribution >= 0.6 is 0 Å². The molecule has 0 amide bonds. The molecule has 2 heteroatoms. The average molecular weight is 261 g/mol. The van der Waals surface area contributed by atoms with Gasteiger partial charge < -0.3 is 5.11 Å². The van der Waals surface area contributed by atoms with Gasteiger partial charge in [0.2, 0.25) is 0 Å². The Labute approximate surface area is 118 Å². The summed E-state index contributed by atoms with van der Waals surface area (Å²) < 4.78 is 0. The molecule has 1 N–H and O–H groups in total. The van der Waals surface area contributed by atoms with Crippen LogP contribution in [0, 0.1) is 6.92 Å². The molecule has 0 aromatic heterocycles. The molecule has 20 heavy (non-hydrogen) atoms. The number of para-hydroxylation sites is 1. The molecule has 0 unspecified atom stereocenters. The first kappa shape index (κ1) is 12.4. The van der Waals surface area contributed by atoms with Crippen molar-refractivity contribution in [2.24, 2.45) is 4.99 Å². The second-order valence-electron chi connectivity index (χ2n) is 4.77. The van der Waals surface area contributed by atoms with Gasteiger partial charge in [-0.05, 0) is 30.0 Å². The Morgan fingerprint density at radius 2 is 1.65 bits per heavy atom. The van der Waals surface area contributed by atoms with Crippen molar-refractivity contribution >= 4 is 22.7 Å². The number of aryl methyl sites for hydroxylation is 1. The highest BCUT2D eigenvalue weighted by Crippen LogP contribution is 2.28. The number of aromatic hydroxyl groups is 1. The molecule has 0 fully saturated rings. The maximum absolute atomic E-state index is 10.3. The van der Waals surface area contributed by atoms with Gasteiger partial charge in [-0.1, -0.05) is 48.5 Å². The average Bonchev–Trinajstić information content (AvgIpc) is 2.48. The lowest BCUT2D eigenvalue weighted by Gasteiger charge is -2.04. The summed E-state index contributed by atoms with van der Waals surface area (Å²) in [5.74, 6) is 0.278. The third-order valence-electron chi connectivity index (χ3n) is 3.39. The van der Waals surface area contributed by atoms with Gasteiger partial charge in [0.05, 0.1) is 5.69 Å². The van der Waals surface area contributed by atoms with Gasteiger partial charge in [-0.3, -0.25) is 4.99 Å². The van der Waals surface area contributed by atoms with E-state index in [0.717, 1.165) is 27.6 Å². The van der Waals surface area contributed by atoms with Crippen molar-refractivity contribution in [3.63, 3.8) is 0 Å². The SMILES string of the molecule is Cc1ccccc1N=Cc1ccc2ccccc2c1O. The lowest BCUT2D eigenvalue weighted by Crippen LogP contribution is -1.84. The fraction of sp³-hybridized carbons (Fsp3) is 0.0556. The third-order valence-corrected chi connectivity index (χ3v) is 3.39. The van der Waals surface area contributed by atoms with Crippen LogP contribution in [0.3, 0.4) is 0 Å². The maximum atomic E-state index is 10.3. The van der Waals surface area contributed by atoms with Crippen LogP contribution < -0.4 is 0 Å². The molecule has 0 saturated heterocycles. The predicted molar refractivity (Wildman–Crippen MR) is 84.0 cm³/mol. The number of benzene rings is 3. The smallest absolute Gasteiger partial charge is 0.132 e. The van der Waals surface area contributed by atoms with Crippen molar-refractivity contribution in [1.82, 2.24) is 0 Å². The minimum Gasteiger partial charge on any atom is -0.507 e. The molecule has 0 bridgehead atoms. The van der Waals surface area contributed by atoms with Crippen molar-refractivity contribution < 1.29 is 5.11 Å². The quantitative estimate of drug-likeness (QED) is 0.671. The normalized spacial score (nSPS) is 11.2. The van der Waals surface area contributed by atoms with E-state index in [1.54, 1.807) is 6.21 Å². The monoisotopic (exact) mass is 261 g/mol. The maximum Gasteiger partial charge on any atom is 0.132 e. The van der Waals surface area contributed by atoms with Crippen LogP contribution in [0.4, 0.5) is 5.69 Å². The summed E-state index contributed by atoms with van der Waals surface area (Å²) in [5.41, 5.74) is 2.76. The minimum absolute atomic E-state index is 0.278. The summed E-state index contributed by atoms with van der Waals surface area (Å²) in [4.78, 5) is 4.46. The molecule has 0 aliphatic carbocycles. The minimum atomic E-state index is 0.278. The Hall–Kier alpha value is -2.61. The van der Waals surface area contributed by atoms with Crippen LogP contribution in [0.1, 0.15) is 11.1 Å². The van der Waals surface area contributed by atoms with Gasteiger partial charge in [0.25, 0.3) is 0 Å². The van der Waals surface area contributed by atoms with Gasteiger partial charge in [0, 0.05) is 17.2 Å². The Bertz CT molecular complexity index is 790. The summed E-state index contributed by atoms with van der Waals surface area (Å²) in [7, 11) is 0. The molecule has 0 spiro atoms. The lowest BCUT2D eigenvalue weighted by molar-refractivity contribution is 0.481. The van der Waals surface area contributed by atoms with Crippen molar-refractivity contribution in [3.8, 4) is 5.75 Å². The zero-order valence-corrected chi connectivity index (χ0v) is 11.2. The Morgan fingerprint density at radius 1 is 0.900 bits per heavy atom. The number of rotatable bonds is 2. The van der Waals surface area contributed by atoms with Gasteiger partial charge in [-0.15, -0.1) is 0 Å². The van der Waals surface area contributed by atoms with E-state index in [2.05, 4.69) is 4.99 Å². The summed E-state index contributed by atoms with van der Waals surface area (Å²) in [6, 6.07) is 19.6. The molecule has 0 saturated carbocycles. The van der Waals surface area contributed by atoms with E-state index in [0.29, 0.717) is 0 Å². The van der Waals surface area contributed by atoms with E-state index >= 15 is 0 Å². The number of hydrogen-bond donors (Lipinski definition) is 1. The van der Waals surface area contributed by atoms with Gasteiger partial charge in [-0.2, -0.15) is 0 Å². The molecule has 0 aliphatic heterocycles. The molecule has 3 rings (SSSR count). The largest absolute Gasteiger partial charge is 0.507 e. The van der Waals surface area contributed by atoms with Gasteiger partial charge in [0.1, 0.15) is 5.75 Å². The topological polar surface area (TPSA) is 32.6 Å². The molecular weight excluding hydrogens is 246 g/mol. The van der Waals surface area contributed by atoms with Crippen LogP contribution in [0.25, 0.3) is 10.8 Å². The Morgan fingerprint density at radius 3 is 2.50 bits per heavy atom. The number of aliphatic imine (C=N–C) groups is 1. The summed E-state index contributed by atoms with van der Waals surface area (Å²) in [6.07, 6.45) is 1.71. The molecule has 0 aliphatic rings. The molecule has 98 valence electrons. The highest BCUT2D eigenvalue weighted by Gasteiger charge is 2.04. The highest BCUT2D eigenvalue weighted by molar-refractivity contribution is 5.97. The van der Waals surface area contributed by atoms with Gasteiger partial charge >= 0.3 is 0 Å². The zero-order chi connectivity index (χ0) is 13.9. The summed E-state index contributed by atoms with van der Waals surface area (Å²) >= 11 is 0. The second-order valence-corrected chi connectivity index (χ2v) is 4.77. The predicted octanol–water partition coefficient (Wildman–Crippen LogP) is 4.60. The highest BCUT2D eigenvalue weighted by atomic mass is 16.3. The van der Waals surface area contributed by atoms with Crippen LogP contribution in [-0.4, -0.2) is 11.3 Å². The van der Waals surface area contributed by atoms with E-state index in [9.17, 15) is 5.11 Å². The van der Waals surface area contributed by atoms with Crippen LogP contribution in [0.15, 0.2) is 65.7 Å². The molecule has 3 aromatic carbocycles. The van der Waals surface area contributed by atoms with Crippen LogP contribution in [-0.2, 0) is 0 Å². The zero-order valence-electron chi connectivity index (χ0n) is 11.2. The molecular formula is C18H15NO. The Balaban J connectivity index is 2.03. The van der Waals surface area contributed by atoms with E-state index in [1.165, 1.54) is 0 Å². The molecule has 3 aromatic rings. The van der Waals surface area contributed by atoms with E-state index in [1.807, 2.05) is 67.6 Å². The summed E-state index contributed by atoms with van der Waals surface area (Å²) in [6.45, 7) is 2.02. The summed E-state index contributed by atoms with van der Waals surface area (Å²) in [5, 5.41) is 12.2. The first-order valence-electron chi connectivity index (χ1n) is 6.56. The fourth-order valence-electron chi connectivity index (χ4n) is 2.22. The first-order chi connectivity index (χ1) is 9.75. The first-order valence-corrected chi connectivity index (χ1v) is 6.56. The van der Waals surface area contributed by atoms with Crippen LogP contribution in [0.2, 0.25) is 0 Å². The van der Waals surface area contributed by atoms with E-state index < -0.39 is 0 Å². The van der Waals surface area contributed by atoms with Crippen molar-refractivity contribution in [3.05, 3.63) is 71.8 Å². The van der Waals surface area contributed by atoms with Crippen molar-refractivity contribution in [2.75, 3.05) is 0 Å². The van der Waals surface area contributed by atoms with Gasteiger partial charge in [-0.25, -0.2) is 0 Å². The third kappa shape index (κ3) is 2.28. The number of fused-ring (bicyclic) bond motifs is 1. The Kier molecular flexibility index (Phi) is 3.21. The van der Waals surface area contributed by atoms with Gasteiger partial charge in [0.15, 0.2) is 0 Å². The number of hydrogen-bond acceptors (Lipinski definition) is 2. The fourth-order valence-corrected chi connectivity index (χ4v) is 2.22. The number of nitrogens with zero attached hydrogens (tertiary/aromatic N) is 1. The standard InChI is InChI=1S/C18H15NO/c1-13-6-2-5-9-17(13)19-12-15-11-10-14-7-3-4-8-16(14)18(15)20/h2-12,20H,1H3. The lowest BCUT2D eigenvalue weighted by atomic mass is 10.1. The number of phenols is 1. The van der Waals surface area contributed by atoms with Crippen LogP contribution in [0.5, 0.6) is 5.75 Å².